The van der Waals surface area contributed by atoms with Crippen molar-refractivity contribution in [3.63, 3.8) is 0 Å². The second kappa shape index (κ2) is 9.52. The van der Waals surface area contributed by atoms with Gasteiger partial charge in [-0.05, 0) is 50.6 Å². The first-order valence-electron chi connectivity index (χ1n) is 11.2. The van der Waals surface area contributed by atoms with Crippen LogP contribution in [-0.2, 0) is 4.74 Å². The summed E-state index contributed by atoms with van der Waals surface area (Å²) in [5.74, 6) is -0.635. The summed E-state index contributed by atoms with van der Waals surface area (Å²) < 4.78 is 22.4. The molecule has 1 aliphatic heterocycles. The van der Waals surface area contributed by atoms with Crippen molar-refractivity contribution in [2.45, 2.75) is 25.8 Å². The van der Waals surface area contributed by atoms with Crippen molar-refractivity contribution in [2.24, 2.45) is 0 Å². The molecule has 0 spiro atoms. The maximum atomic E-state index is 15.7. The number of fused-ring (bicyclic) bond motifs is 1. The van der Waals surface area contributed by atoms with Gasteiger partial charge in [-0.3, -0.25) is 0 Å². The second-order valence-corrected chi connectivity index (χ2v) is 7.99. The lowest BCUT2D eigenvalue weighted by atomic mass is 10.1. The van der Waals surface area contributed by atoms with E-state index in [0.717, 1.165) is 31.4 Å². The van der Waals surface area contributed by atoms with Crippen LogP contribution in [0.15, 0.2) is 48.9 Å². The Balaban J connectivity index is 1.59. The van der Waals surface area contributed by atoms with Gasteiger partial charge in [-0.1, -0.05) is 6.07 Å². The fourth-order valence-electron chi connectivity index (χ4n) is 3.99. The van der Waals surface area contributed by atoms with Gasteiger partial charge in [0.2, 0.25) is 0 Å². The minimum Gasteiger partial charge on any atom is -0.461 e. The number of piperidine rings is 1. The average molecular weight is 462 g/mol. The van der Waals surface area contributed by atoms with E-state index in [0.29, 0.717) is 17.0 Å². The molecule has 10 heteroatoms. The molecule has 5 rings (SSSR count). The molecule has 0 radical (unpaired) electrons. The topological polar surface area (TPSA) is 106 Å². The van der Waals surface area contributed by atoms with E-state index in [-0.39, 0.29) is 29.9 Å². The van der Waals surface area contributed by atoms with Gasteiger partial charge in [0.25, 0.3) is 0 Å². The van der Waals surface area contributed by atoms with Gasteiger partial charge in [0, 0.05) is 30.5 Å². The number of halogens is 1. The molecule has 0 aromatic carbocycles. The molecule has 0 amide bonds. The number of pyridine rings is 2. The summed E-state index contributed by atoms with van der Waals surface area (Å²) in [5, 5.41) is 10.9. The molecular formula is C24H24FN7O2. The first-order chi connectivity index (χ1) is 16.6. The average Bonchev–Trinajstić information content (AvgIpc) is 3.30. The highest BCUT2D eigenvalue weighted by atomic mass is 19.1. The van der Waals surface area contributed by atoms with E-state index in [4.69, 9.17) is 4.74 Å². The quantitative estimate of drug-likeness (QED) is 0.421. The number of esters is 1. The number of hydrogen-bond donors (Lipinski definition) is 2. The monoisotopic (exact) mass is 461 g/mol. The van der Waals surface area contributed by atoms with Gasteiger partial charge in [0.15, 0.2) is 17.5 Å². The van der Waals surface area contributed by atoms with E-state index in [9.17, 15) is 4.79 Å². The Bertz CT molecular complexity index is 1320. The van der Waals surface area contributed by atoms with Crippen LogP contribution in [0.2, 0.25) is 0 Å². The number of hydrogen-bond acceptors (Lipinski definition) is 8. The van der Waals surface area contributed by atoms with Crippen LogP contribution in [0.25, 0.3) is 28.2 Å². The van der Waals surface area contributed by atoms with Crippen molar-refractivity contribution in [3.05, 3.63) is 60.4 Å². The largest absolute Gasteiger partial charge is 0.461 e. The van der Waals surface area contributed by atoms with Crippen LogP contribution < -0.4 is 10.6 Å². The van der Waals surface area contributed by atoms with E-state index in [1.54, 1.807) is 23.7 Å². The van der Waals surface area contributed by atoms with Crippen molar-refractivity contribution in [2.75, 3.05) is 25.0 Å². The van der Waals surface area contributed by atoms with E-state index in [2.05, 4.69) is 30.7 Å². The number of nitrogens with zero attached hydrogens (tertiary/aromatic N) is 5. The van der Waals surface area contributed by atoms with Gasteiger partial charge in [0.1, 0.15) is 11.4 Å². The zero-order valence-corrected chi connectivity index (χ0v) is 18.7. The number of carbonyl (C=O) groups excluding carboxylic acids is 1. The molecule has 4 aromatic heterocycles. The lowest BCUT2D eigenvalue weighted by Crippen LogP contribution is -2.38. The Morgan fingerprint density at radius 1 is 1.26 bits per heavy atom. The molecule has 174 valence electrons. The molecule has 34 heavy (non-hydrogen) atoms. The van der Waals surface area contributed by atoms with Crippen LogP contribution in [0.4, 0.5) is 10.2 Å². The Morgan fingerprint density at radius 2 is 2.18 bits per heavy atom. The molecular weight excluding hydrogens is 437 g/mol. The summed E-state index contributed by atoms with van der Waals surface area (Å²) in [4.78, 5) is 25.2. The zero-order chi connectivity index (χ0) is 23.5. The predicted octanol–water partition coefficient (Wildman–Crippen LogP) is 3.33. The molecule has 0 aliphatic carbocycles. The van der Waals surface area contributed by atoms with Crippen LogP contribution in [0.5, 0.6) is 0 Å². The normalized spacial score (nSPS) is 15.9. The van der Waals surface area contributed by atoms with Crippen molar-refractivity contribution in [1.82, 2.24) is 29.9 Å². The Kier molecular flexibility index (Phi) is 6.13. The Morgan fingerprint density at radius 3 is 2.94 bits per heavy atom. The van der Waals surface area contributed by atoms with Gasteiger partial charge in [-0.2, -0.15) is 5.10 Å². The third-order valence-electron chi connectivity index (χ3n) is 5.68. The number of anilines is 1. The smallest absolute Gasteiger partial charge is 0.356 e. The summed E-state index contributed by atoms with van der Waals surface area (Å²) >= 11 is 0. The standard InChI is InChI=1S/C24H24FN7O2/c1-2-34-24(33)18-9-8-15(12-27-18)21-20(25)23(29-16-6-5-10-26-13-16)31-22(30-21)17-14-28-32-11-4-3-7-19(17)32/h3-4,7-9,11-12,14,16,26H,2,5-6,10,13H2,1H3,(H,29,30,31)/t16-/m1/s1. The molecule has 1 saturated heterocycles. The van der Waals surface area contributed by atoms with E-state index in [1.165, 1.54) is 12.3 Å². The Labute approximate surface area is 195 Å². The first-order valence-corrected chi connectivity index (χ1v) is 11.2. The maximum absolute atomic E-state index is 15.7. The lowest BCUT2D eigenvalue weighted by Gasteiger charge is -2.25. The van der Waals surface area contributed by atoms with Gasteiger partial charge < -0.3 is 15.4 Å². The SMILES string of the molecule is CCOC(=O)c1ccc(-c2nc(-c3cnn4ccccc34)nc(N[C@@H]3CCCNC3)c2F)cn1. The molecule has 2 N–H and O–H groups in total. The fourth-order valence-corrected chi connectivity index (χ4v) is 3.99. The molecule has 1 atom stereocenters. The molecule has 9 nitrogen and oxygen atoms in total. The number of nitrogens with one attached hydrogen (secondary N) is 2. The highest BCUT2D eigenvalue weighted by Gasteiger charge is 2.22. The minimum atomic E-state index is -0.573. The van der Waals surface area contributed by atoms with Gasteiger partial charge in [-0.25, -0.2) is 28.7 Å². The molecule has 0 saturated carbocycles. The molecule has 0 bridgehead atoms. The zero-order valence-electron chi connectivity index (χ0n) is 18.7. The van der Waals surface area contributed by atoms with Gasteiger partial charge in [0.05, 0.1) is 23.9 Å². The number of ether oxygens (including phenoxy) is 1. The lowest BCUT2D eigenvalue weighted by molar-refractivity contribution is 0.0519. The van der Waals surface area contributed by atoms with Gasteiger partial charge in [-0.15, -0.1) is 0 Å². The number of aromatic nitrogens is 5. The van der Waals surface area contributed by atoms with Crippen molar-refractivity contribution >= 4 is 17.3 Å². The number of carbonyl (C=O) groups is 1. The molecule has 5 heterocycles. The second-order valence-electron chi connectivity index (χ2n) is 7.99. The van der Waals surface area contributed by atoms with Crippen LogP contribution in [0.1, 0.15) is 30.3 Å². The number of rotatable bonds is 6. The summed E-state index contributed by atoms with van der Waals surface area (Å²) in [5.41, 5.74) is 2.16. The molecule has 1 aliphatic rings. The van der Waals surface area contributed by atoms with Crippen molar-refractivity contribution in [1.29, 1.82) is 0 Å². The predicted molar refractivity (Wildman–Crippen MR) is 125 cm³/mol. The highest BCUT2D eigenvalue weighted by Crippen LogP contribution is 2.30. The highest BCUT2D eigenvalue weighted by molar-refractivity contribution is 5.87. The summed E-state index contributed by atoms with van der Waals surface area (Å²) in [7, 11) is 0. The van der Waals surface area contributed by atoms with Crippen molar-refractivity contribution in [3.8, 4) is 22.6 Å². The molecule has 1 fully saturated rings. The summed E-state index contributed by atoms with van der Waals surface area (Å²) in [6, 6.07) is 8.84. The van der Waals surface area contributed by atoms with E-state index in [1.807, 2.05) is 24.4 Å². The Hall–Kier alpha value is -3.92. The fraction of sp³-hybridized carbons (Fsp3) is 0.292. The van der Waals surface area contributed by atoms with Crippen LogP contribution in [-0.4, -0.2) is 56.3 Å². The van der Waals surface area contributed by atoms with Crippen LogP contribution in [0.3, 0.4) is 0 Å². The third kappa shape index (κ3) is 4.32. The minimum absolute atomic E-state index is 0.0482. The summed E-state index contributed by atoms with van der Waals surface area (Å²) in [6.45, 7) is 3.64. The van der Waals surface area contributed by atoms with Crippen molar-refractivity contribution < 1.29 is 13.9 Å². The molecule has 0 unspecified atom stereocenters. The summed E-state index contributed by atoms with van der Waals surface area (Å²) in [6.07, 6.45) is 6.82. The first kappa shape index (κ1) is 21.9. The maximum Gasteiger partial charge on any atom is 0.356 e. The van der Waals surface area contributed by atoms with Crippen LogP contribution >= 0.6 is 0 Å². The van der Waals surface area contributed by atoms with Gasteiger partial charge >= 0.3 is 5.97 Å². The molecule has 4 aromatic rings. The van der Waals surface area contributed by atoms with E-state index >= 15 is 4.39 Å². The third-order valence-corrected chi connectivity index (χ3v) is 5.68. The van der Waals surface area contributed by atoms with Crippen LogP contribution in [0, 0.1) is 5.82 Å². The van der Waals surface area contributed by atoms with E-state index < -0.39 is 11.8 Å².